The van der Waals surface area contributed by atoms with Crippen molar-refractivity contribution < 1.29 is 18.8 Å². The maximum atomic E-state index is 11.5. The van der Waals surface area contributed by atoms with E-state index in [0.717, 1.165) is 11.2 Å². The van der Waals surface area contributed by atoms with Crippen molar-refractivity contribution in [2.45, 2.75) is 57.8 Å². The number of carbonyl (C=O) groups excluding carboxylic acids is 1. The SMILES string of the molecule is CC1(C)OB(c2ccc(C3CC(=O)CCO3)nc2)OC1(C)C. The summed E-state index contributed by atoms with van der Waals surface area (Å²) in [5, 5.41) is 0. The highest BCUT2D eigenvalue weighted by atomic mass is 16.7. The lowest BCUT2D eigenvalue weighted by atomic mass is 9.80. The van der Waals surface area contributed by atoms with Gasteiger partial charge in [-0.25, -0.2) is 0 Å². The molecule has 1 atom stereocenters. The van der Waals surface area contributed by atoms with Gasteiger partial charge >= 0.3 is 7.12 Å². The summed E-state index contributed by atoms with van der Waals surface area (Å²) in [5.74, 6) is 0.230. The molecule has 2 fully saturated rings. The molecule has 1 aromatic rings. The summed E-state index contributed by atoms with van der Waals surface area (Å²) >= 11 is 0. The lowest BCUT2D eigenvalue weighted by molar-refractivity contribution is -0.128. The van der Waals surface area contributed by atoms with Gasteiger partial charge in [-0.15, -0.1) is 0 Å². The largest absolute Gasteiger partial charge is 0.496 e. The van der Waals surface area contributed by atoms with Crippen LogP contribution in [0.2, 0.25) is 0 Å². The molecule has 2 saturated heterocycles. The number of ether oxygens (including phenoxy) is 1. The number of Topliss-reactive ketones (excluding diaryl/α,β-unsaturated/α-hetero) is 1. The van der Waals surface area contributed by atoms with E-state index in [2.05, 4.69) is 4.98 Å². The number of ketones is 1. The van der Waals surface area contributed by atoms with E-state index in [1.165, 1.54) is 0 Å². The Bertz CT molecular complexity index is 554. The summed E-state index contributed by atoms with van der Waals surface area (Å²) < 4.78 is 17.6. The molecule has 1 unspecified atom stereocenters. The normalized spacial score (nSPS) is 27.2. The van der Waals surface area contributed by atoms with Crippen LogP contribution < -0.4 is 5.46 Å². The molecule has 5 nitrogen and oxygen atoms in total. The van der Waals surface area contributed by atoms with E-state index in [1.807, 2.05) is 39.8 Å². The van der Waals surface area contributed by atoms with Gasteiger partial charge in [0.2, 0.25) is 0 Å². The average molecular weight is 303 g/mol. The van der Waals surface area contributed by atoms with Gasteiger partial charge in [0.1, 0.15) is 11.9 Å². The first-order valence-electron chi connectivity index (χ1n) is 7.73. The van der Waals surface area contributed by atoms with E-state index in [-0.39, 0.29) is 23.1 Å². The molecule has 0 amide bonds. The van der Waals surface area contributed by atoms with Crippen LogP contribution in [0, 0.1) is 0 Å². The predicted molar refractivity (Wildman–Crippen MR) is 82.9 cm³/mol. The van der Waals surface area contributed by atoms with E-state index < -0.39 is 7.12 Å². The lowest BCUT2D eigenvalue weighted by Gasteiger charge is -2.32. The summed E-state index contributed by atoms with van der Waals surface area (Å²) in [6, 6.07) is 3.83. The fourth-order valence-electron chi connectivity index (χ4n) is 2.60. The zero-order valence-electron chi connectivity index (χ0n) is 13.6. The molecule has 0 aliphatic carbocycles. The topological polar surface area (TPSA) is 57.7 Å². The van der Waals surface area contributed by atoms with Crippen molar-refractivity contribution in [3.05, 3.63) is 24.0 Å². The Morgan fingerprint density at radius 3 is 2.41 bits per heavy atom. The van der Waals surface area contributed by atoms with E-state index in [9.17, 15) is 4.79 Å². The Morgan fingerprint density at radius 2 is 1.86 bits per heavy atom. The molecule has 6 heteroatoms. The monoisotopic (exact) mass is 303 g/mol. The van der Waals surface area contributed by atoms with Gasteiger partial charge in [0.25, 0.3) is 0 Å². The first-order valence-corrected chi connectivity index (χ1v) is 7.73. The number of carbonyl (C=O) groups is 1. The van der Waals surface area contributed by atoms with Gasteiger partial charge in [-0.05, 0) is 33.8 Å². The van der Waals surface area contributed by atoms with Crippen molar-refractivity contribution in [1.82, 2.24) is 4.98 Å². The molecule has 0 saturated carbocycles. The Labute approximate surface area is 131 Å². The summed E-state index contributed by atoms with van der Waals surface area (Å²) in [7, 11) is -0.416. The number of pyridine rings is 1. The second-order valence-corrected chi connectivity index (χ2v) is 6.96. The second kappa shape index (κ2) is 5.44. The van der Waals surface area contributed by atoms with Gasteiger partial charge < -0.3 is 14.0 Å². The molecular weight excluding hydrogens is 281 g/mol. The van der Waals surface area contributed by atoms with Gasteiger partial charge in [-0.2, -0.15) is 0 Å². The third-order valence-corrected chi connectivity index (χ3v) is 4.78. The summed E-state index contributed by atoms with van der Waals surface area (Å²) in [4.78, 5) is 16.0. The molecule has 3 rings (SSSR count). The van der Waals surface area contributed by atoms with Crippen LogP contribution in [-0.2, 0) is 18.8 Å². The third-order valence-electron chi connectivity index (χ3n) is 4.78. The van der Waals surface area contributed by atoms with Gasteiger partial charge in [0.05, 0.1) is 23.5 Å². The Morgan fingerprint density at radius 1 is 1.18 bits per heavy atom. The fourth-order valence-corrected chi connectivity index (χ4v) is 2.60. The smallest absolute Gasteiger partial charge is 0.399 e. The first kappa shape index (κ1) is 15.7. The molecular formula is C16H22BNO4. The Kier molecular flexibility index (Phi) is 3.87. The number of hydrogen-bond acceptors (Lipinski definition) is 5. The molecule has 0 aromatic carbocycles. The van der Waals surface area contributed by atoms with Crippen molar-refractivity contribution in [3.63, 3.8) is 0 Å². The molecule has 118 valence electrons. The van der Waals surface area contributed by atoms with Gasteiger partial charge in [-0.3, -0.25) is 9.78 Å². The summed E-state index contributed by atoms with van der Waals surface area (Å²) in [6.45, 7) is 8.57. The molecule has 3 heterocycles. The minimum absolute atomic E-state index is 0.228. The van der Waals surface area contributed by atoms with Crippen LogP contribution in [0.4, 0.5) is 0 Å². The van der Waals surface area contributed by atoms with Crippen molar-refractivity contribution >= 4 is 18.4 Å². The first-order chi connectivity index (χ1) is 10.3. The molecule has 0 spiro atoms. The second-order valence-electron chi connectivity index (χ2n) is 6.96. The lowest BCUT2D eigenvalue weighted by Crippen LogP contribution is -2.41. The average Bonchev–Trinajstić information content (AvgIpc) is 2.68. The molecule has 0 N–H and O–H groups in total. The maximum Gasteiger partial charge on any atom is 0.496 e. The fraction of sp³-hybridized carbons (Fsp3) is 0.625. The van der Waals surface area contributed by atoms with Crippen LogP contribution in [0.1, 0.15) is 52.3 Å². The molecule has 2 aliphatic heterocycles. The molecule has 2 aliphatic rings. The Balaban J connectivity index is 1.74. The van der Waals surface area contributed by atoms with Gasteiger partial charge in [0.15, 0.2) is 0 Å². The van der Waals surface area contributed by atoms with Crippen LogP contribution >= 0.6 is 0 Å². The number of nitrogens with zero attached hydrogens (tertiary/aromatic N) is 1. The van der Waals surface area contributed by atoms with Crippen LogP contribution in [0.5, 0.6) is 0 Å². The zero-order valence-corrected chi connectivity index (χ0v) is 13.6. The van der Waals surface area contributed by atoms with Gasteiger partial charge in [-0.1, -0.05) is 6.07 Å². The van der Waals surface area contributed by atoms with Crippen molar-refractivity contribution in [2.75, 3.05) is 6.61 Å². The molecule has 22 heavy (non-hydrogen) atoms. The number of rotatable bonds is 2. The third kappa shape index (κ3) is 2.83. The van der Waals surface area contributed by atoms with E-state index in [1.54, 1.807) is 6.20 Å². The molecule has 1 aromatic heterocycles. The summed E-state index contributed by atoms with van der Waals surface area (Å²) in [6.07, 6.45) is 2.43. The highest BCUT2D eigenvalue weighted by Gasteiger charge is 2.51. The Hall–Kier alpha value is -1.24. The van der Waals surface area contributed by atoms with Gasteiger partial charge in [0, 0.05) is 24.5 Å². The zero-order chi connectivity index (χ0) is 16.0. The molecule has 0 radical (unpaired) electrons. The minimum atomic E-state index is -0.416. The predicted octanol–water partition coefficient (Wildman–Crippen LogP) is 1.80. The van der Waals surface area contributed by atoms with E-state index in [0.29, 0.717) is 19.4 Å². The highest BCUT2D eigenvalue weighted by Crippen LogP contribution is 2.36. The van der Waals surface area contributed by atoms with Crippen LogP contribution in [0.3, 0.4) is 0 Å². The van der Waals surface area contributed by atoms with Crippen molar-refractivity contribution in [1.29, 1.82) is 0 Å². The van der Waals surface area contributed by atoms with E-state index in [4.69, 9.17) is 14.0 Å². The van der Waals surface area contributed by atoms with E-state index >= 15 is 0 Å². The summed E-state index contributed by atoms with van der Waals surface area (Å²) in [5.41, 5.74) is 0.933. The number of hydrogen-bond donors (Lipinski definition) is 0. The van der Waals surface area contributed by atoms with Crippen molar-refractivity contribution in [3.8, 4) is 0 Å². The highest BCUT2D eigenvalue weighted by molar-refractivity contribution is 6.62. The standard InChI is InChI=1S/C16H22BNO4/c1-15(2)16(3,4)22-17(21-15)11-5-6-13(18-10-11)14-9-12(19)7-8-20-14/h5-6,10,14H,7-9H2,1-4H3. The van der Waals surface area contributed by atoms with Crippen molar-refractivity contribution in [2.24, 2.45) is 0 Å². The number of aromatic nitrogens is 1. The van der Waals surface area contributed by atoms with Crippen LogP contribution in [-0.4, -0.2) is 35.7 Å². The minimum Gasteiger partial charge on any atom is -0.399 e. The van der Waals surface area contributed by atoms with Crippen LogP contribution in [0.15, 0.2) is 18.3 Å². The quantitative estimate of drug-likeness (QED) is 0.780. The maximum absolute atomic E-state index is 11.5. The molecule has 0 bridgehead atoms. The van der Waals surface area contributed by atoms with Crippen LogP contribution in [0.25, 0.3) is 0 Å².